The van der Waals surface area contributed by atoms with Gasteiger partial charge in [0.1, 0.15) is 11.3 Å². The van der Waals surface area contributed by atoms with Crippen LogP contribution in [0.15, 0.2) is 23.8 Å². The highest BCUT2D eigenvalue weighted by atomic mass is 35.5. The standard InChI is InChI=1S/C26H31Cl2N3O2/c1-25(2,3)33-24(32)31-11-9-26(10-12-31)14-16(15-26)13-18-22(17-7-8-17)29-30-23(18)21-19(27)5-4-6-20(21)28/h4-6,13,17H,7-12,14-15H2,1-3H3,(H,29,30). The number of allylic oxidation sites excluding steroid dienone is 1. The summed E-state index contributed by atoms with van der Waals surface area (Å²) < 4.78 is 5.55. The molecule has 2 aliphatic carbocycles. The third kappa shape index (κ3) is 4.67. The molecule has 2 aromatic rings. The van der Waals surface area contributed by atoms with Crippen molar-refractivity contribution >= 4 is 35.4 Å². The number of amides is 1. The van der Waals surface area contributed by atoms with E-state index in [0.29, 0.717) is 21.4 Å². The highest BCUT2D eigenvalue weighted by Crippen LogP contribution is 2.54. The summed E-state index contributed by atoms with van der Waals surface area (Å²) in [5.74, 6) is 0.547. The first-order valence-corrected chi connectivity index (χ1v) is 12.6. The molecule has 1 N–H and O–H groups in total. The van der Waals surface area contributed by atoms with Crippen LogP contribution < -0.4 is 0 Å². The minimum Gasteiger partial charge on any atom is -0.444 e. The third-order valence-electron chi connectivity index (χ3n) is 7.05. The van der Waals surface area contributed by atoms with Gasteiger partial charge in [0.25, 0.3) is 0 Å². The Balaban J connectivity index is 1.32. The van der Waals surface area contributed by atoms with Gasteiger partial charge in [-0.25, -0.2) is 4.79 Å². The van der Waals surface area contributed by atoms with Crippen molar-refractivity contribution in [2.75, 3.05) is 13.1 Å². The molecule has 33 heavy (non-hydrogen) atoms. The molecule has 0 unspecified atom stereocenters. The van der Waals surface area contributed by atoms with Gasteiger partial charge in [0.15, 0.2) is 0 Å². The molecule has 3 fully saturated rings. The quantitative estimate of drug-likeness (QED) is 0.488. The van der Waals surface area contributed by atoms with Gasteiger partial charge in [-0.15, -0.1) is 0 Å². The van der Waals surface area contributed by atoms with Crippen molar-refractivity contribution in [1.82, 2.24) is 15.1 Å². The van der Waals surface area contributed by atoms with E-state index in [2.05, 4.69) is 16.3 Å². The van der Waals surface area contributed by atoms with Crippen molar-refractivity contribution in [3.8, 4) is 11.3 Å². The first-order valence-electron chi connectivity index (χ1n) is 11.8. The molecule has 176 valence electrons. The number of likely N-dealkylation sites (tertiary alicyclic amines) is 1. The van der Waals surface area contributed by atoms with Crippen LogP contribution in [-0.4, -0.2) is 39.9 Å². The van der Waals surface area contributed by atoms with E-state index in [-0.39, 0.29) is 6.09 Å². The van der Waals surface area contributed by atoms with Gasteiger partial charge in [-0.2, -0.15) is 5.10 Å². The molecule has 1 aliphatic heterocycles. The average molecular weight is 488 g/mol. The smallest absolute Gasteiger partial charge is 0.410 e. The minimum absolute atomic E-state index is 0.193. The summed E-state index contributed by atoms with van der Waals surface area (Å²) in [6.07, 6.45) is 8.69. The first kappa shape index (κ1) is 22.8. The Kier molecular flexibility index (Phi) is 5.77. The second-order valence-electron chi connectivity index (χ2n) is 10.9. The van der Waals surface area contributed by atoms with Gasteiger partial charge in [0, 0.05) is 35.8 Å². The molecule has 0 radical (unpaired) electrons. The van der Waals surface area contributed by atoms with Crippen molar-refractivity contribution < 1.29 is 9.53 Å². The summed E-state index contributed by atoms with van der Waals surface area (Å²) in [5.41, 5.74) is 5.28. The van der Waals surface area contributed by atoms with E-state index in [0.717, 1.165) is 55.6 Å². The maximum atomic E-state index is 12.4. The van der Waals surface area contributed by atoms with Crippen molar-refractivity contribution in [1.29, 1.82) is 0 Å². The number of nitrogens with one attached hydrogen (secondary N) is 1. The van der Waals surface area contributed by atoms with Gasteiger partial charge in [-0.3, -0.25) is 5.10 Å². The summed E-state index contributed by atoms with van der Waals surface area (Å²) >= 11 is 13.0. The van der Waals surface area contributed by atoms with Crippen LogP contribution >= 0.6 is 23.2 Å². The van der Waals surface area contributed by atoms with Crippen LogP contribution in [0.25, 0.3) is 17.3 Å². The van der Waals surface area contributed by atoms with E-state index >= 15 is 0 Å². The van der Waals surface area contributed by atoms with Gasteiger partial charge in [-0.1, -0.05) is 40.9 Å². The summed E-state index contributed by atoms with van der Waals surface area (Å²) in [6.45, 7) is 7.27. The second-order valence-corrected chi connectivity index (χ2v) is 11.7. The molecule has 0 bridgehead atoms. The van der Waals surface area contributed by atoms with Gasteiger partial charge in [0.2, 0.25) is 0 Å². The maximum absolute atomic E-state index is 12.4. The predicted octanol–water partition coefficient (Wildman–Crippen LogP) is 7.46. The van der Waals surface area contributed by atoms with Gasteiger partial charge in [-0.05, 0) is 76.8 Å². The summed E-state index contributed by atoms with van der Waals surface area (Å²) in [6, 6.07) is 5.59. The molecule has 1 amide bonds. The SMILES string of the molecule is CC(C)(C)OC(=O)N1CCC2(CC1)CC(=Cc1c(-c3c(Cl)cccc3Cl)n[nH]c1C1CC1)C2. The molecule has 1 aromatic heterocycles. The van der Waals surface area contributed by atoms with E-state index in [1.165, 1.54) is 24.1 Å². The Morgan fingerprint density at radius 1 is 1.18 bits per heavy atom. The molecule has 7 heteroatoms. The molecule has 1 spiro atoms. The predicted molar refractivity (Wildman–Crippen MR) is 133 cm³/mol. The van der Waals surface area contributed by atoms with E-state index in [9.17, 15) is 4.79 Å². The van der Waals surface area contributed by atoms with Crippen LogP contribution in [0.4, 0.5) is 4.79 Å². The van der Waals surface area contributed by atoms with Crippen LogP contribution in [0.5, 0.6) is 0 Å². The van der Waals surface area contributed by atoms with Crippen LogP contribution in [0.2, 0.25) is 10.0 Å². The van der Waals surface area contributed by atoms with E-state index in [1.54, 1.807) is 0 Å². The molecule has 1 saturated heterocycles. The Bertz CT molecular complexity index is 1070. The Hall–Kier alpha value is -1.98. The Morgan fingerprint density at radius 2 is 1.82 bits per heavy atom. The number of aromatic nitrogens is 2. The van der Waals surface area contributed by atoms with Gasteiger partial charge in [0.05, 0.1) is 10.0 Å². The lowest BCUT2D eigenvalue weighted by molar-refractivity contribution is 0.00448. The van der Waals surface area contributed by atoms with Crippen LogP contribution in [0, 0.1) is 5.41 Å². The zero-order chi connectivity index (χ0) is 23.4. The number of hydrogen-bond acceptors (Lipinski definition) is 3. The molecule has 5 rings (SSSR count). The van der Waals surface area contributed by atoms with Gasteiger partial charge < -0.3 is 9.64 Å². The largest absolute Gasteiger partial charge is 0.444 e. The van der Waals surface area contributed by atoms with Crippen LogP contribution in [-0.2, 0) is 4.74 Å². The monoisotopic (exact) mass is 487 g/mol. The number of ether oxygens (including phenoxy) is 1. The minimum atomic E-state index is -0.454. The molecule has 1 aromatic carbocycles. The third-order valence-corrected chi connectivity index (χ3v) is 7.68. The maximum Gasteiger partial charge on any atom is 0.410 e. The summed E-state index contributed by atoms with van der Waals surface area (Å²) in [4.78, 5) is 14.3. The van der Waals surface area contributed by atoms with Crippen LogP contribution in [0.1, 0.15) is 76.5 Å². The Morgan fingerprint density at radius 3 is 2.39 bits per heavy atom. The first-order chi connectivity index (χ1) is 15.6. The van der Waals surface area contributed by atoms with Gasteiger partial charge >= 0.3 is 6.09 Å². The molecule has 3 aliphatic rings. The lowest BCUT2D eigenvalue weighted by Crippen LogP contribution is -2.47. The number of hydrogen-bond donors (Lipinski definition) is 1. The average Bonchev–Trinajstić information content (AvgIpc) is 3.48. The van der Waals surface area contributed by atoms with Crippen molar-refractivity contribution in [2.45, 2.75) is 70.8 Å². The normalized spacial score (nSPS) is 20.0. The molecule has 2 heterocycles. The highest BCUT2D eigenvalue weighted by Gasteiger charge is 2.44. The summed E-state index contributed by atoms with van der Waals surface area (Å²) in [5, 5.41) is 9.17. The molecular formula is C26H31Cl2N3O2. The van der Waals surface area contributed by atoms with Crippen molar-refractivity contribution in [3.63, 3.8) is 0 Å². The number of halogens is 2. The number of rotatable bonds is 3. The van der Waals surface area contributed by atoms with Crippen molar-refractivity contribution in [2.24, 2.45) is 5.41 Å². The summed E-state index contributed by atoms with van der Waals surface area (Å²) in [7, 11) is 0. The molecule has 2 saturated carbocycles. The number of aromatic amines is 1. The Labute approximate surface area is 205 Å². The number of carbonyl (C=O) groups excluding carboxylic acids is 1. The fourth-order valence-corrected chi connectivity index (χ4v) is 5.75. The van der Waals surface area contributed by atoms with E-state index in [1.807, 2.05) is 43.9 Å². The molecular weight excluding hydrogens is 457 g/mol. The zero-order valence-electron chi connectivity index (χ0n) is 19.5. The number of piperidine rings is 1. The fraction of sp³-hybridized carbons (Fsp3) is 0.538. The lowest BCUT2D eigenvalue weighted by Gasteiger charge is -2.49. The topological polar surface area (TPSA) is 58.2 Å². The number of H-pyrrole nitrogens is 1. The highest BCUT2D eigenvalue weighted by molar-refractivity contribution is 6.39. The number of nitrogens with zero attached hydrogens (tertiary/aromatic N) is 2. The van der Waals surface area contributed by atoms with E-state index in [4.69, 9.17) is 27.9 Å². The number of carbonyl (C=O) groups is 1. The number of benzene rings is 1. The lowest BCUT2D eigenvalue weighted by atomic mass is 9.60. The molecule has 5 nitrogen and oxygen atoms in total. The second kappa shape index (κ2) is 8.35. The van der Waals surface area contributed by atoms with Crippen LogP contribution in [0.3, 0.4) is 0 Å². The molecule has 0 atom stereocenters. The zero-order valence-corrected chi connectivity index (χ0v) is 21.0. The van der Waals surface area contributed by atoms with Crippen molar-refractivity contribution in [3.05, 3.63) is 45.1 Å². The van der Waals surface area contributed by atoms with E-state index < -0.39 is 5.60 Å². The fourth-order valence-electron chi connectivity index (χ4n) is 5.17.